The summed E-state index contributed by atoms with van der Waals surface area (Å²) in [7, 11) is 1.40. The van der Waals surface area contributed by atoms with Crippen LogP contribution in [0.5, 0.6) is 0 Å². The Morgan fingerprint density at radius 3 is 2.41 bits per heavy atom. The first kappa shape index (κ1) is 25.4. The molecule has 0 fully saturated rings. The van der Waals surface area contributed by atoms with Gasteiger partial charge in [-0.2, -0.15) is 8.78 Å². The molecule has 0 aliphatic rings. The quantitative estimate of drug-likeness (QED) is 0.381. The lowest BCUT2D eigenvalue weighted by molar-refractivity contribution is -0.119. The Balaban J connectivity index is 1.63. The third-order valence-corrected chi connectivity index (χ3v) is 5.46. The lowest BCUT2D eigenvalue weighted by atomic mass is 10.2. The van der Waals surface area contributed by atoms with Crippen molar-refractivity contribution >= 4 is 28.7 Å². The summed E-state index contributed by atoms with van der Waals surface area (Å²) >= 11 is 0. The number of imidazole rings is 1. The second-order valence-electron chi connectivity index (χ2n) is 8.40. The van der Waals surface area contributed by atoms with Gasteiger partial charge in [-0.15, -0.1) is 0 Å². The molecular formula is C22H21F2N9O4. The number of carbonyl (C=O) groups excluding carboxylic acids is 2. The number of anilines is 1. The number of nitrogens with zero attached hydrogens (tertiary/aromatic N) is 8. The smallest absolute Gasteiger partial charge is 0.312 e. The minimum absolute atomic E-state index is 0.0317. The molecule has 1 amide bonds. The largest absolute Gasteiger partial charge is 0.332 e. The second-order valence-corrected chi connectivity index (χ2v) is 8.40. The van der Waals surface area contributed by atoms with E-state index < -0.39 is 47.3 Å². The molecule has 4 rings (SSSR count). The van der Waals surface area contributed by atoms with Gasteiger partial charge in [-0.3, -0.25) is 28.5 Å². The number of nitrogens with one attached hydrogen (secondary N) is 1. The molecule has 1 atom stereocenters. The molecule has 192 valence electrons. The molecule has 0 aliphatic heterocycles. The highest BCUT2D eigenvalue weighted by molar-refractivity contribution is 5.93. The first-order valence-electron chi connectivity index (χ1n) is 10.9. The summed E-state index contributed by atoms with van der Waals surface area (Å²) < 4.78 is 29.9. The van der Waals surface area contributed by atoms with E-state index in [0.29, 0.717) is 12.5 Å². The van der Waals surface area contributed by atoms with Crippen LogP contribution in [0.2, 0.25) is 0 Å². The molecule has 13 nitrogen and oxygen atoms in total. The molecule has 4 aromatic rings. The maximum Gasteiger partial charge on any atom is 0.332 e. The van der Waals surface area contributed by atoms with Crippen LogP contribution in [-0.4, -0.2) is 50.3 Å². The molecule has 0 radical (unpaired) electrons. The third-order valence-electron chi connectivity index (χ3n) is 5.46. The van der Waals surface area contributed by atoms with E-state index in [1.165, 1.54) is 56.6 Å². The van der Waals surface area contributed by atoms with Gasteiger partial charge in [0.05, 0.1) is 31.0 Å². The number of halogens is 2. The average molecular weight is 513 g/mol. The highest BCUT2D eigenvalue weighted by Crippen LogP contribution is 2.24. The van der Waals surface area contributed by atoms with E-state index in [-0.39, 0.29) is 22.7 Å². The van der Waals surface area contributed by atoms with Crippen LogP contribution in [-0.2, 0) is 29.1 Å². The van der Waals surface area contributed by atoms with Crippen molar-refractivity contribution in [2.24, 2.45) is 7.05 Å². The number of fused-ring (bicyclic) bond motifs is 1. The van der Waals surface area contributed by atoms with E-state index in [4.69, 9.17) is 0 Å². The number of carbonyl (C=O) groups is 2. The van der Waals surface area contributed by atoms with Crippen LogP contribution in [0.15, 0.2) is 40.7 Å². The Kier molecular flexibility index (Phi) is 6.46. The number of ketones is 1. The van der Waals surface area contributed by atoms with Crippen LogP contribution in [0, 0.1) is 0 Å². The van der Waals surface area contributed by atoms with Crippen molar-refractivity contribution < 1.29 is 18.4 Å². The van der Waals surface area contributed by atoms with Crippen LogP contribution >= 0.6 is 0 Å². The number of hydrogen-bond donors (Lipinski definition) is 1. The minimum Gasteiger partial charge on any atom is -0.312 e. The molecule has 4 heterocycles. The Morgan fingerprint density at radius 1 is 1.11 bits per heavy atom. The third kappa shape index (κ3) is 4.87. The first-order chi connectivity index (χ1) is 17.4. The Bertz CT molecular complexity index is 1640. The van der Waals surface area contributed by atoms with Gasteiger partial charge in [0, 0.05) is 31.9 Å². The van der Waals surface area contributed by atoms with Gasteiger partial charge in [0.1, 0.15) is 11.8 Å². The van der Waals surface area contributed by atoms with E-state index in [1.807, 2.05) is 0 Å². The van der Waals surface area contributed by atoms with Gasteiger partial charge >= 0.3 is 11.6 Å². The molecule has 0 saturated carbocycles. The SMILES string of the molecule is CC(=O)Cn1c(=O)c2c(ncn2[C@@H](C)C(=O)Nc2cncc(-c3cnc(C(C)(F)F)nc3)n2)n(C)c1=O. The number of amides is 1. The van der Waals surface area contributed by atoms with E-state index in [2.05, 4.69) is 30.2 Å². The van der Waals surface area contributed by atoms with Gasteiger partial charge in [-0.05, 0) is 13.8 Å². The van der Waals surface area contributed by atoms with Crippen molar-refractivity contribution in [3.8, 4) is 11.3 Å². The number of aromatic nitrogens is 8. The molecule has 0 aliphatic carbocycles. The van der Waals surface area contributed by atoms with Gasteiger partial charge in [0.2, 0.25) is 5.91 Å². The summed E-state index contributed by atoms with van der Waals surface area (Å²) in [5.41, 5.74) is -0.910. The molecule has 0 bridgehead atoms. The van der Waals surface area contributed by atoms with Crippen molar-refractivity contribution in [1.82, 2.24) is 38.6 Å². The van der Waals surface area contributed by atoms with Crippen molar-refractivity contribution in [3.63, 3.8) is 0 Å². The lowest BCUT2D eigenvalue weighted by Crippen LogP contribution is -2.41. The molecule has 0 spiro atoms. The highest BCUT2D eigenvalue weighted by atomic mass is 19.3. The lowest BCUT2D eigenvalue weighted by Gasteiger charge is -2.15. The van der Waals surface area contributed by atoms with Gasteiger partial charge in [0.25, 0.3) is 5.56 Å². The summed E-state index contributed by atoms with van der Waals surface area (Å²) in [6.45, 7) is 3.01. The number of hydrogen-bond acceptors (Lipinski definition) is 9. The van der Waals surface area contributed by atoms with Crippen LogP contribution < -0.4 is 16.6 Å². The zero-order chi connectivity index (χ0) is 27.1. The molecule has 1 N–H and O–H groups in total. The standard InChI is InChI=1S/C22H21F2N9O4/c1-11(34)9-32-19(36)16-17(31(4)21(32)37)28-10-33(16)12(2)18(35)30-15-8-25-7-14(29-15)13-5-26-20(27-6-13)22(3,23)24/h5-8,10,12H,9H2,1-4H3,(H,29,30,35)/t12-/m0/s1. The number of aryl methyl sites for hydroxylation is 1. The van der Waals surface area contributed by atoms with Crippen LogP contribution in [0.3, 0.4) is 0 Å². The molecule has 4 aromatic heterocycles. The van der Waals surface area contributed by atoms with Crippen molar-refractivity contribution in [2.45, 2.75) is 39.3 Å². The zero-order valence-electron chi connectivity index (χ0n) is 20.1. The van der Waals surface area contributed by atoms with Crippen LogP contribution in [0.4, 0.5) is 14.6 Å². The fraction of sp³-hybridized carbons (Fsp3) is 0.318. The number of alkyl halides is 2. The fourth-order valence-electron chi connectivity index (χ4n) is 3.55. The molecular weight excluding hydrogens is 492 g/mol. The summed E-state index contributed by atoms with van der Waals surface area (Å²) in [5, 5.41) is 2.58. The molecule has 15 heteroatoms. The van der Waals surface area contributed by atoms with Crippen molar-refractivity contribution in [1.29, 1.82) is 0 Å². The van der Waals surface area contributed by atoms with E-state index in [9.17, 15) is 28.0 Å². The average Bonchev–Trinajstić information content (AvgIpc) is 3.30. The normalized spacial score (nSPS) is 12.5. The monoisotopic (exact) mass is 513 g/mol. The van der Waals surface area contributed by atoms with Crippen molar-refractivity contribution in [3.05, 3.63) is 57.8 Å². The molecule has 0 aromatic carbocycles. The van der Waals surface area contributed by atoms with Crippen LogP contribution in [0.1, 0.15) is 32.6 Å². The second kappa shape index (κ2) is 9.40. The summed E-state index contributed by atoms with van der Waals surface area (Å²) in [5.74, 6) is -4.78. The molecule has 0 saturated heterocycles. The van der Waals surface area contributed by atoms with Crippen molar-refractivity contribution in [2.75, 3.05) is 5.32 Å². The first-order valence-corrected chi connectivity index (χ1v) is 10.9. The van der Waals surface area contributed by atoms with Gasteiger partial charge < -0.3 is 9.88 Å². The minimum atomic E-state index is -3.20. The maximum atomic E-state index is 13.4. The van der Waals surface area contributed by atoms with E-state index >= 15 is 0 Å². The highest BCUT2D eigenvalue weighted by Gasteiger charge is 2.28. The number of rotatable bonds is 7. The van der Waals surface area contributed by atoms with E-state index in [0.717, 1.165) is 9.13 Å². The fourth-order valence-corrected chi connectivity index (χ4v) is 3.55. The van der Waals surface area contributed by atoms with Gasteiger partial charge in [0.15, 0.2) is 22.8 Å². The predicted octanol–water partition coefficient (Wildman–Crippen LogP) is 1.04. The molecule has 0 unspecified atom stereocenters. The maximum absolute atomic E-state index is 13.4. The summed E-state index contributed by atoms with van der Waals surface area (Å²) in [4.78, 5) is 69.8. The van der Waals surface area contributed by atoms with E-state index in [1.54, 1.807) is 0 Å². The van der Waals surface area contributed by atoms with Crippen LogP contribution in [0.25, 0.3) is 22.4 Å². The van der Waals surface area contributed by atoms with Gasteiger partial charge in [-0.1, -0.05) is 0 Å². The Morgan fingerprint density at radius 2 is 1.78 bits per heavy atom. The topological polar surface area (TPSA) is 160 Å². The Hall–Kier alpha value is -4.69. The zero-order valence-corrected chi connectivity index (χ0v) is 20.1. The molecule has 37 heavy (non-hydrogen) atoms. The summed E-state index contributed by atoms with van der Waals surface area (Å²) in [6, 6.07) is -0.985. The Labute approximate surface area is 206 Å². The number of Topliss-reactive ketones (excluding diaryl/α,β-unsaturated/α-hetero) is 1. The summed E-state index contributed by atoms with van der Waals surface area (Å²) in [6.07, 6.45) is 6.22. The predicted molar refractivity (Wildman–Crippen MR) is 126 cm³/mol. The van der Waals surface area contributed by atoms with Gasteiger partial charge in [-0.25, -0.2) is 24.7 Å².